The smallest absolute Gasteiger partial charge is 0.253 e. The van der Waals surface area contributed by atoms with Crippen molar-refractivity contribution in [3.63, 3.8) is 0 Å². The number of benzene rings is 1. The molecular weight excluding hydrogens is 212 g/mol. The summed E-state index contributed by atoms with van der Waals surface area (Å²) >= 11 is 0. The minimum Gasteiger partial charge on any atom is -0.338 e. The Morgan fingerprint density at radius 1 is 1.41 bits per heavy atom. The Morgan fingerprint density at radius 2 is 2.12 bits per heavy atom. The number of nitrogens with zero attached hydrogens (tertiary/aromatic N) is 1. The maximum atomic E-state index is 12.2. The minimum atomic E-state index is 0.170. The summed E-state index contributed by atoms with van der Waals surface area (Å²) in [6.45, 7) is 4.80. The third-order valence-corrected chi connectivity index (χ3v) is 3.36. The second-order valence-electron chi connectivity index (χ2n) is 4.83. The van der Waals surface area contributed by atoms with Crippen molar-refractivity contribution in [1.29, 1.82) is 0 Å². The zero-order valence-corrected chi connectivity index (χ0v) is 10.6. The highest BCUT2D eigenvalue weighted by Crippen LogP contribution is 2.18. The van der Waals surface area contributed by atoms with Gasteiger partial charge >= 0.3 is 0 Å². The Bertz CT molecular complexity index is 386. The zero-order valence-electron chi connectivity index (χ0n) is 10.6. The summed E-state index contributed by atoms with van der Waals surface area (Å²) in [4.78, 5) is 14.2. The molecular formula is C14H20N2O. The van der Waals surface area contributed by atoms with Gasteiger partial charge in [-0.05, 0) is 45.0 Å². The first-order valence-electron chi connectivity index (χ1n) is 6.21. The van der Waals surface area contributed by atoms with E-state index in [0.717, 1.165) is 31.6 Å². The molecule has 1 amide bonds. The van der Waals surface area contributed by atoms with Crippen molar-refractivity contribution in [2.75, 3.05) is 26.7 Å². The summed E-state index contributed by atoms with van der Waals surface area (Å²) in [5, 5.41) is 3.18. The fourth-order valence-electron chi connectivity index (χ4n) is 2.35. The van der Waals surface area contributed by atoms with Gasteiger partial charge in [-0.1, -0.05) is 17.7 Å². The van der Waals surface area contributed by atoms with Gasteiger partial charge < -0.3 is 10.2 Å². The van der Waals surface area contributed by atoms with Crippen molar-refractivity contribution in [1.82, 2.24) is 10.2 Å². The largest absolute Gasteiger partial charge is 0.338 e. The van der Waals surface area contributed by atoms with E-state index in [9.17, 15) is 4.79 Å². The summed E-state index contributed by atoms with van der Waals surface area (Å²) < 4.78 is 0. The first-order valence-corrected chi connectivity index (χ1v) is 6.21. The Labute approximate surface area is 103 Å². The van der Waals surface area contributed by atoms with Crippen molar-refractivity contribution in [3.05, 3.63) is 35.4 Å². The summed E-state index contributed by atoms with van der Waals surface area (Å²) in [6, 6.07) is 7.83. The van der Waals surface area contributed by atoms with E-state index < -0.39 is 0 Å². The summed E-state index contributed by atoms with van der Waals surface area (Å²) in [6.07, 6.45) is 1.11. The van der Waals surface area contributed by atoms with E-state index in [1.165, 1.54) is 5.56 Å². The van der Waals surface area contributed by atoms with Crippen molar-refractivity contribution >= 4 is 5.91 Å². The Hall–Kier alpha value is -1.35. The van der Waals surface area contributed by atoms with Crippen LogP contribution in [0.3, 0.4) is 0 Å². The first kappa shape index (κ1) is 12.1. The number of aryl methyl sites for hydroxylation is 1. The molecule has 0 radical (unpaired) electrons. The second-order valence-corrected chi connectivity index (χ2v) is 4.83. The minimum absolute atomic E-state index is 0.170. The maximum Gasteiger partial charge on any atom is 0.253 e. The van der Waals surface area contributed by atoms with Gasteiger partial charge in [-0.15, -0.1) is 0 Å². The molecule has 1 aliphatic heterocycles. The fourth-order valence-corrected chi connectivity index (χ4v) is 2.35. The molecule has 0 spiro atoms. The van der Waals surface area contributed by atoms with Crippen LogP contribution in [0.1, 0.15) is 22.3 Å². The second kappa shape index (κ2) is 5.32. The molecule has 1 saturated heterocycles. The molecule has 1 N–H and O–H groups in total. The summed E-state index contributed by atoms with van der Waals surface area (Å²) in [5.41, 5.74) is 2.00. The number of nitrogens with one attached hydrogen (secondary N) is 1. The predicted octanol–water partition coefficient (Wildman–Crippen LogP) is 1.68. The Morgan fingerprint density at radius 3 is 2.76 bits per heavy atom. The fraction of sp³-hybridized carbons (Fsp3) is 0.500. The van der Waals surface area contributed by atoms with Crippen LogP contribution in [0.2, 0.25) is 0 Å². The zero-order chi connectivity index (χ0) is 12.3. The van der Waals surface area contributed by atoms with E-state index >= 15 is 0 Å². The number of hydrogen-bond donors (Lipinski definition) is 1. The predicted molar refractivity (Wildman–Crippen MR) is 69.1 cm³/mol. The lowest BCUT2D eigenvalue weighted by atomic mass is 10.1. The van der Waals surface area contributed by atoms with E-state index in [4.69, 9.17) is 0 Å². The molecule has 1 aliphatic rings. The van der Waals surface area contributed by atoms with Crippen LogP contribution < -0.4 is 5.32 Å². The lowest BCUT2D eigenvalue weighted by Crippen LogP contribution is -2.30. The molecule has 1 aromatic rings. The van der Waals surface area contributed by atoms with Gasteiger partial charge in [0, 0.05) is 18.7 Å². The normalized spacial score (nSPS) is 19.6. The van der Waals surface area contributed by atoms with Gasteiger partial charge in [0.25, 0.3) is 5.91 Å². The first-order chi connectivity index (χ1) is 8.20. The highest BCUT2D eigenvalue weighted by Gasteiger charge is 2.26. The SMILES string of the molecule is CNC[C@@H]1CCN(C(=O)c2ccc(C)cc2)C1. The van der Waals surface area contributed by atoms with Gasteiger partial charge in [0.1, 0.15) is 0 Å². The van der Waals surface area contributed by atoms with Crippen LogP contribution in [-0.2, 0) is 0 Å². The number of amides is 1. The quantitative estimate of drug-likeness (QED) is 0.860. The lowest BCUT2D eigenvalue weighted by Gasteiger charge is -2.16. The van der Waals surface area contributed by atoms with Gasteiger partial charge in [0.2, 0.25) is 0 Å². The number of carbonyl (C=O) groups excluding carboxylic acids is 1. The van der Waals surface area contributed by atoms with Crippen LogP contribution in [0, 0.1) is 12.8 Å². The summed E-state index contributed by atoms with van der Waals surface area (Å²) in [7, 11) is 1.96. The van der Waals surface area contributed by atoms with Crippen molar-refractivity contribution in [2.24, 2.45) is 5.92 Å². The number of rotatable bonds is 3. The topological polar surface area (TPSA) is 32.3 Å². The molecule has 0 aliphatic carbocycles. The third-order valence-electron chi connectivity index (χ3n) is 3.36. The molecule has 17 heavy (non-hydrogen) atoms. The van der Waals surface area contributed by atoms with E-state index in [1.807, 2.05) is 43.1 Å². The van der Waals surface area contributed by atoms with Crippen LogP contribution in [0.15, 0.2) is 24.3 Å². The third kappa shape index (κ3) is 2.86. The molecule has 1 heterocycles. The standard InChI is InChI=1S/C14H20N2O/c1-11-3-5-13(6-4-11)14(17)16-8-7-12(10-16)9-15-2/h3-6,12,15H,7-10H2,1-2H3/t12-/m0/s1. The number of likely N-dealkylation sites (tertiary alicyclic amines) is 1. The van der Waals surface area contributed by atoms with E-state index in [2.05, 4.69) is 5.32 Å². The molecule has 0 bridgehead atoms. The average Bonchev–Trinajstić information content (AvgIpc) is 2.78. The van der Waals surface area contributed by atoms with E-state index in [-0.39, 0.29) is 5.91 Å². The number of carbonyl (C=O) groups is 1. The molecule has 3 heteroatoms. The molecule has 0 aromatic heterocycles. The van der Waals surface area contributed by atoms with Gasteiger partial charge in [0.15, 0.2) is 0 Å². The van der Waals surface area contributed by atoms with E-state index in [0.29, 0.717) is 5.92 Å². The monoisotopic (exact) mass is 232 g/mol. The molecule has 0 unspecified atom stereocenters. The number of hydrogen-bond acceptors (Lipinski definition) is 2. The summed E-state index contributed by atoms with van der Waals surface area (Å²) in [5.74, 6) is 0.776. The maximum absolute atomic E-state index is 12.2. The molecule has 3 nitrogen and oxygen atoms in total. The van der Waals surface area contributed by atoms with Gasteiger partial charge in [-0.25, -0.2) is 0 Å². The molecule has 1 fully saturated rings. The van der Waals surface area contributed by atoms with Crippen molar-refractivity contribution in [3.8, 4) is 0 Å². The molecule has 0 saturated carbocycles. The molecule has 1 atom stereocenters. The van der Waals surface area contributed by atoms with Crippen LogP contribution in [0.25, 0.3) is 0 Å². The van der Waals surface area contributed by atoms with Crippen molar-refractivity contribution in [2.45, 2.75) is 13.3 Å². The highest BCUT2D eigenvalue weighted by atomic mass is 16.2. The average molecular weight is 232 g/mol. The van der Waals surface area contributed by atoms with Crippen LogP contribution >= 0.6 is 0 Å². The molecule has 1 aromatic carbocycles. The Balaban J connectivity index is 1.99. The molecule has 92 valence electrons. The van der Waals surface area contributed by atoms with Crippen LogP contribution in [0.4, 0.5) is 0 Å². The van der Waals surface area contributed by atoms with Crippen LogP contribution in [-0.4, -0.2) is 37.5 Å². The van der Waals surface area contributed by atoms with Gasteiger partial charge in [-0.3, -0.25) is 4.79 Å². The van der Waals surface area contributed by atoms with Crippen LogP contribution in [0.5, 0.6) is 0 Å². The van der Waals surface area contributed by atoms with E-state index in [1.54, 1.807) is 0 Å². The Kier molecular flexibility index (Phi) is 3.79. The van der Waals surface area contributed by atoms with Gasteiger partial charge in [-0.2, -0.15) is 0 Å². The van der Waals surface area contributed by atoms with Crippen molar-refractivity contribution < 1.29 is 4.79 Å². The highest BCUT2D eigenvalue weighted by molar-refractivity contribution is 5.94. The van der Waals surface area contributed by atoms with Gasteiger partial charge in [0.05, 0.1) is 0 Å². The molecule has 2 rings (SSSR count). The lowest BCUT2D eigenvalue weighted by molar-refractivity contribution is 0.0787.